The van der Waals surface area contributed by atoms with Gasteiger partial charge in [0.25, 0.3) is 5.91 Å². The molecule has 0 bridgehead atoms. The number of carbonyl (C=O) groups is 1. The molecule has 0 unspecified atom stereocenters. The molecule has 5 nitrogen and oxygen atoms in total. The van der Waals surface area contributed by atoms with Crippen LogP contribution in [0, 0.1) is 11.6 Å². The predicted molar refractivity (Wildman–Crippen MR) is 80.7 cm³/mol. The fourth-order valence-electron chi connectivity index (χ4n) is 2.33. The lowest BCUT2D eigenvalue weighted by Crippen LogP contribution is -2.31. The number of hydrogen-bond donors (Lipinski definition) is 0. The van der Waals surface area contributed by atoms with Crippen molar-refractivity contribution in [1.29, 1.82) is 0 Å². The lowest BCUT2D eigenvalue weighted by atomic mass is 10.1. The molecule has 1 aromatic carbocycles. The first-order valence-corrected chi connectivity index (χ1v) is 7.21. The highest BCUT2D eigenvalue weighted by molar-refractivity contribution is 5.95. The van der Waals surface area contributed by atoms with Crippen molar-refractivity contribution in [3.05, 3.63) is 52.9 Å². The van der Waals surface area contributed by atoms with E-state index in [0.29, 0.717) is 17.8 Å². The lowest BCUT2D eigenvalue weighted by molar-refractivity contribution is 0.0744. The van der Waals surface area contributed by atoms with Crippen LogP contribution in [0.5, 0.6) is 0 Å². The van der Waals surface area contributed by atoms with E-state index in [1.54, 1.807) is 20.2 Å². The smallest absolute Gasteiger partial charge is 0.257 e. The number of methoxy groups -OCH3 is 1. The molecule has 0 saturated carbocycles. The highest BCUT2D eigenvalue weighted by atomic mass is 19.1. The summed E-state index contributed by atoms with van der Waals surface area (Å²) in [4.78, 5) is 14.1. The molecule has 124 valence electrons. The summed E-state index contributed by atoms with van der Waals surface area (Å²) in [5.74, 6) is -1.67. The topological polar surface area (TPSA) is 47.4 Å². The van der Waals surface area contributed by atoms with Gasteiger partial charge in [-0.3, -0.25) is 9.48 Å². The molecule has 2 aromatic rings. The first kappa shape index (κ1) is 17.1. The molecule has 0 atom stereocenters. The molecular formula is C16H19F2N3O2. The molecule has 0 aliphatic carbocycles. The van der Waals surface area contributed by atoms with E-state index in [1.807, 2.05) is 0 Å². The number of aromatic nitrogens is 2. The molecule has 0 radical (unpaired) electrons. The molecular weight excluding hydrogens is 304 g/mol. The van der Waals surface area contributed by atoms with E-state index in [1.165, 1.54) is 34.9 Å². The Morgan fingerprint density at radius 3 is 2.57 bits per heavy atom. The standard InChI is InChI=1S/C16H19F2N3O2/c1-4-21(9-11-13(17)6-5-7-14(11)18)16(22)12-8-20(2)19-15(12)10-23-3/h5-8H,4,9-10H2,1-3H3. The van der Waals surface area contributed by atoms with E-state index < -0.39 is 11.6 Å². The van der Waals surface area contributed by atoms with Crippen LogP contribution in [-0.4, -0.2) is 34.2 Å². The Labute approximate surface area is 133 Å². The van der Waals surface area contributed by atoms with E-state index in [-0.39, 0.29) is 24.6 Å². The molecule has 23 heavy (non-hydrogen) atoms. The molecule has 1 aromatic heterocycles. The van der Waals surface area contributed by atoms with Crippen molar-refractivity contribution in [2.45, 2.75) is 20.1 Å². The molecule has 0 aliphatic heterocycles. The second-order valence-electron chi connectivity index (χ2n) is 5.12. The summed E-state index contributed by atoms with van der Waals surface area (Å²) in [6, 6.07) is 3.65. The fraction of sp³-hybridized carbons (Fsp3) is 0.375. The number of carbonyl (C=O) groups excluding carboxylic acids is 1. The molecule has 7 heteroatoms. The summed E-state index contributed by atoms with van der Waals surface area (Å²) >= 11 is 0. The highest BCUT2D eigenvalue weighted by Gasteiger charge is 2.22. The molecule has 2 rings (SSSR count). The number of amides is 1. The average Bonchev–Trinajstić information content (AvgIpc) is 2.87. The highest BCUT2D eigenvalue weighted by Crippen LogP contribution is 2.18. The quantitative estimate of drug-likeness (QED) is 0.821. The monoisotopic (exact) mass is 323 g/mol. The second-order valence-corrected chi connectivity index (χ2v) is 5.12. The molecule has 0 aliphatic rings. The van der Waals surface area contributed by atoms with E-state index in [4.69, 9.17) is 4.74 Å². The Hall–Kier alpha value is -2.28. The van der Waals surface area contributed by atoms with Crippen molar-refractivity contribution < 1.29 is 18.3 Å². The van der Waals surface area contributed by atoms with Gasteiger partial charge in [-0.05, 0) is 19.1 Å². The van der Waals surface area contributed by atoms with Gasteiger partial charge in [0.05, 0.1) is 18.7 Å². The third-order valence-corrected chi connectivity index (χ3v) is 3.50. The van der Waals surface area contributed by atoms with Gasteiger partial charge in [0, 0.05) is 32.5 Å². The first-order valence-electron chi connectivity index (χ1n) is 7.21. The normalized spacial score (nSPS) is 10.8. The maximum Gasteiger partial charge on any atom is 0.257 e. The lowest BCUT2D eigenvalue weighted by Gasteiger charge is -2.21. The molecule has 0 spiro atoms. The van der Waals surface area contributed by atoms with Gasteiger partial charge in [0.2, 0.25) is 0 Å². The van der Waals surface area contributed by atoms with Gasteiger partial charge in [0.1, 0.15) is 17.3 Å². The van der Waals surface area contributed by atoms with E-state index in [2.05, 4.69) is 5.10 Å². The summed E-state index contributed by atoms with van der Waals surface area (Å²) in [7, 11) is 3.21. The molecule has 1 amide bonds. The number of nitrogens with zero attached hydrogens (tertiary/aromatic N) is 3. The molecule has 0 saturated heterocycles. The minimum absolute atomic E-state index is 0.125. The van der Waals surface area contributed by atoms with Gasteiger partial charge in [-0.2, -0.15) is 5.10 Å². The van der Waals surface area contributed by atoms with Crippen LogP contribution in [0.2, 0.25) is 0 Å². The zero-order valence-electron chi connectivity index (χ0n) is 13.3. The third-order valence-electron chi connectivity index (χ3n) is 3.50. The summed E-state index contributed by atoms with van der Waals surface area (Å²) in [5.41, 5.74) is 0.736. The number of aryl methyl sites for hydroxylation is 1. The zero-order valence-corrected chi connectivity index (χ0v) is 13.3. The van der Waals surface area contributed by atoms with Crippen molar-refractivity contribution in [2.24, 2.45) is 7.05 Å². The van der Waals surface area contributed by atoms with Gasteiger partial charge in [-0.15, -0.1) is 0 Å². The maximum atomic E-state index is 13.8. The minimum atomic E-state index is -0.667. The first-order chi connectivity index (χ1) is 11.0. The van der Waals surface area contributed by atoms with E-state index >= 15 is 0 Å². The van der Waals surface area contributed by atoms with Gasteiger partial charge in [0.15, 0.2) is 0 Å². The van der Waals surface area contributed by atoms with Crippen LogP contribution in [0.15, 0.2) is 24.4 Å². The number of halogens is 2. The summed E-state index contributed by atoms with van der Waals surface area (Å²) < 4.78 is 34.2. The second kappa shape index (κ2) is 7.32. The summed E-state index contributed by atoms with van der Waals surface area (Å²) in [6.07, 6.45) is 1.58. The van der Waals surface area contributed by atoms with Gasteiger partial charge >= 0.3 is 0 Å². The van der Waals surface area contributed by atoms with Gasteiger partial charge in [-0.25, -0.2) is 8.78 Å². The van der Waals surface area contributed by atoms with Gasteiger partial charge < -0.3 is 9.64 Å². The van der Waals surface area contributed by atoms with Crippen molar-refractivity contribution in [3.63, 3.8) is 0 Å². The average molecular weight is 323 g/mol. The Balaban J connectivity index is 2.29. The Morgan fingerprint density at radius 2 is 2.00 bits per heavy atom. The third kappa shape index (κ3) is 3.73. The Bertz CT molecular complexity index is 680. The summed E-state index contributed by atoms with van der Waals surface area (Å²) in [6.45, 7) is 2.11. The van der Waals surface area contributed by atoms with Crippen molar-refractivity contribution >= 4 is 5.91 Å². The van der Waals surface area contributed by atoms with Crippen LogP contribution >= 0.6 is 0 Å². The van der Waals surface area contributed by atoms with Gasteiger partial charge in [-0.1, -0.05) is 6.07 Å². The van der Waals surface area contributed by atoms with Crippen LogP contribution in [0.3, 0.4) is 0 Å². The van der Waals surface area contributed by atoms with Crippen molar-refractivity contribution in [2.75, 3.05) is 13.7 Å². The van der Waals surface area contributed by atoms with Crippen molar-refractivity contribution in [3.8, 4) is 0 Å². The number of benzene rings is 1. The maximum absolute atomic E-state index is 13.8. The van der Waals surface area contributed by atoms with E-state index in [0.717, 1.165) is 0 Å². The van der Waals surface area contributed by atoms with Crippen molar-refractivity contribution in [1.82, 2.24) is 14.7 Å². The zero-order chi connectivity index (χ0) is 17.0. The number of ether oxygens (including phenoxy) is 1. The Morgan fingerprint density at radius 1 is 1.35 bits per heavy atom. The number of rotatable bonds is 6. The molecule has 0 fully saturated rings. The fourth-order valence-corrected chi connectivity index (χ4v) is 2.33. The predicted octanol–water partition coefficient (Wildman–Crippen LogP) is 2.51. The van der Waals surface area contributed by atoms with Crippen LogP contribution in [0.4, 0.5) is 8.78 Å². The van der Waals surface area contributed by atoms with Crippen LogP contribution in [0.25, 0.3) is 0 Å². The molecule has 1 heterocycles. The largest absolute Gasteiger partial charge is 0.378 e. The minimum Gasteiger partial charge on any atom is -0.378 e. The number of hydrogen-bond acceptors (Lipinski definition) is 3. The molecule has 0 N–H and O–H groups in total. The Kier molecular flexibility index (Phi) is 5.44. The van der Waals surface area contributed by atoms with E-state index in [9.17, 15) is 13.6 Å². The van der Waals surface area contributed by atoms with Crippen LogP contribution in [0.1, 0.15) is 28.5 Å². The SMILES string of the molecule is CCN(Cc1c(F)cccc1F)C(=O)c1cn(C)nc1COC. The van der Waals surface area contributed by atoms with Crippen LogP contribution in [-0.2, 0) is 24.9 Å². The summed E-state index contributed by atoms with van der Waals surface area (Å²) in [5, 5.41) is 4.18. The van der Waals surface area contributed by atoms with Crippen LogP contribution < -0.4 is 0 Å².